The summed E-state index contributed by atoms with van der Waals surface area (Å²) in [6.07, 6.45) is 12.8. The molecular formula is C18H30N2O2Zn. The number of rotatable bonds is 8. The van der Waals surface area contributed by atoms with E-state index < -0.39 is 0 Å². The summed E-state index contributed by atoms with van der Waals surface area (Å²) in [6.45, 7) is 4.36. The molecule has 5 heteroatoms. The van der Waals surface area contributed by atoms with Crippen molar-refractivity contribution in [3.05, 3.63) is 35.7 Å². The van der Waals surface area contributed by atoms with Gasteiger partial charge in [0.05, 0.1) is 0 Å². The molecule has 0 saturated carbocycles. The van der Waals surface area contributed by atoms with Gasteiger partial charge >= 0.3 is 0 Å². The van der Waals surface area contributed by atoms with Crippen molar-refractivity contribution in [1.82, 2.24) is 9.97 Å². The SMILES string of the molecule is CCCCCc1cc[nH]c1O.CCCCCc1cc[nH]c1O.[Zn]. The van der Waals surface area contributed by atoms with Crippen LogP contribution >= 0.6 is 0 Å². The second-order valence-electron chi connectivity index (χ2n) is 5.62. The minimum absolute atomic E-state index is 0. The zero-order valence-electron chi connectivity index (χ0n) is 14.6. The molecule has 2 aromatic heterocycles. The molecule has 2 rings (SSSR count). The summed E-state index contributed by atoms with van der Waals surface area (Å²) in [5, 5.41) is 18.4. The van der Waals surface area contributed by atoms with Crippen molar-refractivity contribution in [3.8, 4) is 11.8 Å². The van der Waals surface area contributed by atoms with E-state index in [-0.39, 0.29) is 19.5 Å². The van der Waals surface area contributed by atoms with Gasteiger partial charge in [-0.2, -0.15) is 0 Å². The van der Waals surface area contributed by atoms with Gasteiger partial charge in [0.2, 0.25) is 0 Å². The van der Waals surface area contributed by atoms with E-state index in [0.29, 0.717) is 11.8 Å². The molecule has 4 nitrogen and oxygen atoms in total. The van der Waals surface area contributed by atoms with Crippen LogP contribution in [0.25, 0.3) is 0 Å². The van der Waals surface area contributed by atoms with Gasteiger partial charge in [0.15, 0.2) is 11.8 Å². The summed E-state index contributed by atoms with van der Waals surface area (Å²) >= 11 is 0. The van der Waals surface area contributed by atoms with Crippen molar-refractivity contribution in [2.75, 3.05) is 0 Å². The van der Waals surface area contributed by atoms with E-state index in [1.165, 1.54) is 38.5 Å². The van der Waals surface area contributed by atoms with Crippen LogP contribution in [-0.2, 0) is 32.3 Å². The van der Waals surface area contributed by atoms with Gasteiger partial charge in [0.1, 0.15) is 0 Å². The minimum Gasteiger partial charge on any atom is -0.494 e. The topological polar surface area (TPSA) is 72.0 Å². The van der Waals surface area contributed by atoms with Crippen LogP contribution in [0.5, 0.6) is 11.8 Å². The van der Waals surface area contributed by atoms with Crippen LogP contribution in [-0.4, -0.2) is 20.2 Å². The predicted octanol–water partition coefficient (Wildman–Crippen LogP) is 4.90. The third-order valence-electron chi connectivity index (χ3n) is 3.72. The largest absolute Gasteiger partial charge is 0.494 e. The summed E-state index contributed by atoms with van der Waals surface area (Å²) in [6, 6.07) is 3.87. The molecule has 0 aromatic carbocycles. The average molecular weight is 372 g/mol. The number of aromatic amines is 2. The van der Waals surface area contributed by atoms with Crippen LogP contribution in [0.4, 0.5) is 0 Å². The Morgan fingerprint density at radius 3 is 1.39 bits per heavy atom. The van der Waals surface area contributed by atoms with Gasteiger partial charge < -0.3 is 20.2 Å². The summed E-state index contributed by atoms with van der Waals surface area (Å²) in [5.41, 5.74) is 2.08. The molecule has 0 spiro atoms. The average Bonchev–Trinajstić information content (AvgIpc) is 3.10. The second kappa shape index (κ2) is 13.2. The van der Waals surface area contributed by atoms with Crippen molar-refractivity contribution >= 4 is 0 Å². The van der Waals surface area contributed by atoms with Crippen molar-refractivity contribution in [1.29, 1.82) is 0 Å². The van der Waals surface area contributed by atoms with Crippen molar-refractivity contribution in [2.45, 2.75) is 65.2 Å². The molecule has 0 aliphatic carbocycles. The Hall–Kier alpha value is -1.22. The number of unbranched alkanes of at least 4 members (excludes halogenated alkanes) is 4. The molecule has 0 unspecified atom stereocenters. The van der Waals surface area contributed by atoms with Gasteiger partial charge in [0, 0.05) is 43.0 Å². The third kappa shape index (κ3) is 8.85. The first-order chi connectivity index (χ1) is 10.7. The van der Waals surface area contributed by atoms with E-state index in [9.17, 15) is 10.2 Å². The maximum Gasteiger partial charge on any atom is 0.191 e. The molecule has 0 aliphatic heterocycles. The number of hydrogen-bond acceptors (Lipinski definition) is 2. The maximum absolute atomic E-state index is 9.19. The molecule has 126 valence electrons. The van der Waals surface area contributed by atoms with Gasteiger partial charge in [-0.15, -0.1) is 0 Å². The third-order valence-corrected chi connectivity index (χ3v) is 3.72. The fourth-order valence-electron chi connectivity index (χ4n) is 2.32. The number of nitrogens with one attached hydrogen (secondary N) is 2. The van der Waals surface area contributed by atoms with Crippen LogP contribution in [0.3, 0.4) is 0 Å². The summed E-state index contributed by atoms with van der Waals surface area (Å²) < 4.78 is 0. The Kier molecular flexibility index (Phi) is 12.5. The predicted molar refractivity (Wildman–Crippen MR) is 91.4 cm³/mol. The molecule has 0 atom stereocenters. The molecular weight excluding hydrogens is 342 g/mol. The number of aryl methyl sites for hydroxylation is 2. The Balaban J connectivity index is 0.000000403. The molecule has 0 radical (unpaired) electrons. The van der Waals surface area contributed by atoms with Crippen LogP contribution in [0.2, 0.25) is 0 Å². The van der Waals surface area contributed by atoms with Crippen molar-refractivity contribution in [2.24, 2.45) is 0 Å². The summed E-state index contributed by atoms with van der Waals surface area (Å²) in [5.74, 6) is 0.669. The molecule has 0 saturated heterocycles. The molecule has 0 amide bonds. The Morgan fingerprint density at radius 1 is 0.739 bits per heavy atom. The standard InChI is InChI=1S/2C9H15NO.Zn/c2*1-2-3-4-5-8-6-7-10-9(8)11;/h2*6-7,10-11H,2-5H2,1H3;. The van der Waals surface area contributed by atoms with Crippen LogP contribution < -0.4 is 0 Å². The van der Waals surface area contributed by atoms with E-state index in [2.05, 4.69) is 23.8 Å². The Morgan fingerprint density at radius 2 is 1.13 bits per heavy atom. The molecule has 2 aromatic rings. The van der Waals surface area contributed by atoms with Crippen LogP contribution in [0.1, 0.15) is 63.5 Å². The van der Waals surface area contributed by atoms with Crippen LogP contribution in [0, 0.1) is 0 Å². The monoisotopic (exact) mass is 370 g/mol. The zero-order valence-corrected chi connectivity index (χ0v) is 17.5. The molecule has 0 bridgehead atoms. The van der Waals surface area contributed by atoms with Crippen molar-refractivity contribution in [3.63, 3.8) is 0 Å². The fraction of sp³-hybridized carbons (Fsp3) is 0.556. The summed E-state index contributed by atoms with van der Waals surface area (Å²) in [7, 11) is 0. The van der Waals surface area contributed by atoms with Gasteiger partial charge in [0.25, 0.3) is 0 Å². The first-order valence-electron chi connectivity index (χ1n) is 8.39. The van der Waals surface area contributed by atoms with E-state index in [0.717, 1.165) is 24.0 Å². The molecule has 2 heterocycles. The fourth-order valence-corrected chi connectivity index (χ4v) is 2.32. The molecule has 0 fully saturated rings. The van der Waals surface area contributed by atoms with Crippen LogP contribution in [0.15, 0.2) is 24.5 Å². The number of aromatic hydroxyl groups is 2. The zero-order chi connectivity index (χ0) is 16.2. The number of H-pyrrole nitrogens is 2. The maximum atomic E-state index is 9.19. The molecule has 4 N–H and O–H groups in total. The van der Waals surface area contributed by atoms with Gasteiger partial charge in [-0.05, 0) is 37.8 Å². The normalized spacial score (nSPS) is 9.83. The molecule has 0 aliphatic rings. The quantitative estimate of drug-likeness (QED) is 0.393. The number of hydrogen-bond donors (Lipinski definition) is 4. The smallest absolute Gasteiger partial charge is 0.191 e. The minimum atomic E-state index is 0. The molecule has 23 heavy (non-hydrogen) atoms. The van der Waals surface area contributed by atoms with E-state index >= 15 is 0 Å². The first kappa shape index (κ1) is 21.8. The van der Waals surface area contributed by atoms with Gasteiger partial charge in [-0.1, -0.05) is 39.5 Å². The summed E-state index contributed by atoms with van der Waals surface area (Å²) in [4.78, 5) is 5.50. The van der Waals surface area contributed by atoms with Gasteiger partial charge in [-0.25, -0.2) is 0 Å². The van der Waals surface area contributed by atoms with E-state index in [1.54, 1.807) is 12.4 Å². The van der Waals surface area contributed by atoms with Gasteiger partial charge in [-0.3, -0.25) is 0 Å². The Labute approximate surface area is 152 Å². The Bertz CT molecular complexity index is 462. The number of aromatic nitrogens is 2. The van der Waals surface area contributed by atoms with Crippen molar-refractivity contribution < 1.29 is 29.7 Å². The van der Waals surface area contributed by atoms with E-state index in [1.807, 2.05) is 12.1 Å². The van der Waals surface area contributed by atoms with E-state index in [4.69, 9.17) is 0 Å². The first-order valence-corrected chi connectivity index (χ1v) is 8.39. The second-order valence-corrected chi connectivity index (χ2v) is 5.62.